The maximum Gasteiger partial charge on any atom is 0.206 e. The van der Waals surface area contributed by atoms with Crippen LogP contribution in [0.5, 0.6) is 0 Å². The van der Waals surface area contributed by atoms with Crippen molar-refractivity contribution in [1.82, 2.24) is 0 Å². The molecule has 0 amide bonds. The number of hydrogen-bond donors (Lipinski definition) is 0. The van der Waals surface area contributed by atoms with Crippen LogP contribution in [0.3, 0.4) is 0 Å². The van der Waals surface area contributed by atoms with Crippen LogP contribution >= 0.6 is 17.0 Å². The van der Waals surface area contributed by atoms with Gasteiger partial charge < -0.3 is 9.80 Å². The molecule has 27 heavy (non-hydrogen) atoms. The predicted octanol–water partition coefficient (Wildman–Crippen LogP) is 5.52. The second kappa shape index (κ2) is 7.57. The number of rotatable bonds is 3. The smallest absolute Gasteiger partial charge is 0.206 e. The van der Waals surface area contributed by atoms with E-state index in [1.807, 2.05) is 0 Å². The number of hydrogen-bond acceptors (Lipinski definition) is 3. The van der Waals surface area contributed by atoms with E-state index in [0.29, 0.717) is 0 Å². The van der Waals surface area contributed by atoms with E-state index in [0.717, 1.165) is 32.0 Å². The SMILES string of the molecule is Br.c1ccc(-c2ccc(CN3C4=NCCCN4c4ccccc43)cc2)cc1. The third-order valence-electron chi connectivity index (χ3n) is 5.14. The molecule has 4 heteroatoms. The molecule has 2 aliphatic heterocycles. The number of anilines is 2. The summed E-state index contributed by atoms with van der Waals surface area (Å²) < 4.78 is 0. The first-order valence-electron chi connectivity index (χ1n) is 9.23. The van der Waals surface area contributed by atoms with Crippen LogP contribution in [-0.4, -0.2) is 19.0 Å². The second-order valence-electron chi connectivity index (χ2n) is 6.82. The summed E-state index contributed by atoms with van der Waals surface area (Å²) >= 11 is 0. The van der Waals surface area contributed by atoms with Gasteiger partial charge in [0.05, 0.1) is 17.9 Å². The van der Waals surface area contributed by atoms with Crippen molar-refractivity contribution in [2.45, 2.75) is 13.0 Å². The number of guanidine groups is 1. The molecule has 0 bridgehead atoms. The fraction of sp³-hybridized carbons (Fsp3) is 0.174. The lowest BCUT2D eigenvalue weighted by atomic mass is 10.0. The van der Waals surface area contributed by atoms with Gasteiger partial charge in [-0.05, 0) is 35.2 Å². The van der Waals surface area contributed by atoms with Gasteiger partial charge in [-0.3, -0.25) is 4.99 Å². The highest BCUT2D eigenvalue weighted by atomic mass is 79.9. The Kier molecular flexibility index (Phi) is 4.99. The molecule has 5 rings (SSSR count). The van der Waals surface area contributed by atoms with Gasteiger partial charge in [-0.25, -0.2) is 0 Å². The minimum atomic E-state index is 0. The average molecular weight is 420 g/mol. The highest BCUT2D eigenvalue weighted by molar-refractivity contribution is 8.93. The fourth-order valence-electron chi connectivity index (χ4n) is 3.85. The first-order chi connectivity index (χ1) is 12.9. The van der Waals surface area contributed by atoms with E-state index >= 15 is 0 Å². The fourth-order valence-corrected chi connectivity index (χ4v) is 3.85. The van der Waals surface area contributed by atoms with Crippen molar-refractivity contribution in [1.29, 1.82) is 0 Å². The van der Waals surface area contributed by atoms with Crippen molar-refractivity contribution in [2.75, 3.05) is 22.9 Å². The van der Waals surface area contributed by atoms with E-state index in [1.165, 1.54) is 28.1 Å². The molecule has 0 fully saturated rings. The zero-order chi connectivity index (χ0) is 17.3. The van der Waals surface area contributed by atoms with Gasteiger partial charge in [0.25, 0.3) is 0 Å². The summed E-state index contributed by atoms with van der Waals surface area (Å²) in [4.78, 5) is 9.53. The maximum absolute atomic E-state index is 4.82. The van der Waals surface area contributed by atoms with Gasteiger partial charge in [0.2, 0.25) is 5.96 Å². The molecule has 0 aromatic heterocycles. The zero-order valence-electron chi connectivity index (χ0n) is 15.1. The van der Waals surface area contributed by atoms with Crippen LogP contribution in [0.25, 0.3) is 11.1 Å². The van der Waals surface area contributed by atoms with Crippen molar-refractivity contribution in [3.8, 4) is 11.1 Å². The van der Waals surface area contributed by atoms with Crippen LogP contribution in [0, 0.1) is 0 Å². The second-order valence-corrected chi connectivity index (χ2v) is 6.82. The molecule has 0 atom stereocenters. The lowest BCUT2D eigenvalue weighted by Gasteiger charge is -2.27. The number of halogens is 1. The standard InChI is InChI=1S/C23H21N3.BrH/c1-2-7-19(8-3-1)20-13-11-18(12-14-20)17-26-22-10-5-4-9-21(22)25-16-6-15-24-23(25)26;/h1-5,7-14H,6,15-17H2;1H. The first-order valence-corrected chi connectivity index (χ1v) is 9.23. The number of fused-ring (bicyclic) bond motifs is 3. The summed E-state index contributed by atoms with van der Waals surface area (Å²) in [5, 5.41) is 0. The van der Waals surface area contributed by atoms with Gasteiger partial charge in [-0.2, -0.15) is 0 Å². The van der Waals surface area contributed by atoms with Crippen molar-refractivity contribution in [3.05, 3.63) is 84.4 Å². The molecular formula is C23H22BrN3. The minimum absolute atomic E-state index is 0. The average Bonchev–Trinajstić information content (AvgIpc) is 3.04. The summed E-state index contributed by atoms with van der Waals surface area (Å²) in [6.07, 6.45) is 1.12. The van der Waals surface area contributed by atoms with E-state index in [2.05, 4.69) is 88.7 Å². The van der Waals surface area contributed by atoms with Gasteiger partial charge in [0.15, 0.2) is 0 Å². The largest absolute Gasteiger partial charge is 0.310 e. The van der Waals surface area contributed by atoms with E-state index < -0.39 is 0 Å². The molecule has 0 radical (unpaired) electrons. The molecule has 0 N–H and O–H groups in total. The monoisotopic (exact) mass is 419 g/mol. The van der Waals surface area contributed by atoms with Crippen LogP contribution < -0.4 is 9.80 Å². The molecular weight excluding hydrogens is 398 g/mol. The quantitative estimate of drug-likeness (QED) is 0.556. The summed E-state index contributed by atoms with van der Waals surface area (Å²) in [5.74, 6) is 1.10. The zero-order valence-corrected chi connectivity index (χ0v) is 16.8. The maximum atomic E-state index is 4.82. The molecule has 0 aliphatic carbocycles. The molecule has 3 nitrogen and oxygen atoms in total. The van der Waals surface area contributed by atoms with Gasteiger partial charge >= 0.3 is 0 Å². The van der Waals surface area contributed by atoms with Gasteiger partial charge in [-0.15, -0.1) is 17.0 Å². The minimum Gasteiger partial charge on any atom is -0.310 e. The summed E-state index contributed by atoms with van der Waals surface area (Å²) in [5.41, 5.74) is 6.36. The van der Waals surface area contributed by atoms with Crippen LogP contribution in [0.15, 0.2) is 83.9 Å². The number of nitrogens with zero attached hydrogens (tertiary/aromatic N) is 3. The molecule has 2 heterocycles. The van der Waals surface area contributed by atoms with E-state index in [1.54, 1.807) is 0 Å². The molecule has 0 unspecified atom stereocenters. The van der Waals surface area contributed by atoms with E-state index in [4.69, 9.17) is 4.99 Å². The number of aliphatic imine (C=N–C) groups is 1. The van der Waals surface area contributed by atoms with Crippen LogP contribution in [0.2, 0.25) is 0 Å². The Morgan fingerprint density at radius 3 is 2.19 bits per heavy atom. The molecule has 3 aromatic rings. The molecule has 2 aliphatic rings. The van der Waals surface area contributed by atoms with Crippen molar-refractivity contribution >= 4 is 34.3 Å². The van der Waals surface area contributed by atoms with Crippen LogP contribution in [0.1, 0.15) is 12.0 Å². The Morgan fingerprint density at radius 1 is 0.741 bits per heavy atom. The topological polar surface area (TPSA) is 18.8 Å². The van der Waals surface area contributed by atoms with Crippen molar-refractivity contribution < 1.29 is 0 Å². The Hall–Kier alpha value is -2.59. The van der Waals surface area contributed by atoms with Gasteiger partial charge in [-0.1, -0.05) is 66.7 Å². The molecule has 0 saturated heterocycles. The third kappa shape index (κ3) is 3.26. The summed E-state index contributed by atoms with van der Waals surface area (Å²) in [6.45, 7) is 2.82. The van der Waals surface area contributed by atoms with Crippen molar-refractivity contribution in [3.63, 3.8) is 0 Å². The van der Waals surface area contributed by atoms with Crippen LogP contribution in [-0.2, 0) is 6.54 Å². The highest BCUT2D eigenvalue weighted by Gasteiger charge is 2.33. The van der Waals surface area contributed by atoms with E-state index in [9.17, 15) is 0 Å². The normalized spacial score (nSPS) is 14.9. The number of para-hydroxylation sites is 2. The van der Waals surface area contributed by atoms with Crippen molar-refractivity contribution in [2.24, 2.45) is 4.99 Å². The Bertz CT molecular complexity index is 951. The molecule has 0 spiro atoms. The molecule has 0 saturated carbocycles. The molecule has 136 valence electrons. The van der Waals surface area contributed by atoms with Crippen LogP contribution in [0.4, 0.5) is 11.4 Å². The summed E-state index contributed by atoms with van der Waals surface area (Å²) in [6, 6.07) is 28.1. The third-order valence-corrected chi connectivity index (χ3v) is 5.14. The van der Waals surface area contributed by atoms with Gasteiger partial charge in [0.1, 0.15) is 0 Å². The van der Waals surface area contributed by atoms with Gasteiger partial charge in [0, 0.05) is 13.1 Å². The predicted molar refractivity (Wildman–Crippen MR) is 119 cm³/mol. The Morgan fingerprint density at radius 2 is 1.41 bits per heavy atom. The summed E-state index contributed by atoms with van der Waals surface area (Å²) in [7, 11) is 0. The number of benzene rings is 3. The first kappa shape index (κ1) is 17.8. The van der Waals surface area contributed by atoms with E-state index in [-0.39, 0.29) is 17.0 Å². The highest BCUT2D eigenvalue weighted by Crippen LogP contribution is 2.39. The Labute approximate surface area is 170 Å². The lowest BCUT2D eigenvalue weighted by Crippen LogP contribution is -2.41. The molecule has 3 aromatic carbocycles. The lowest BCUT2D eigenvalue weighted by molar-refractivity contribution is 0.784. The Balaban J connectivity index is 0.00000180.